The molecule has 10 nitrogen and oxygen atoms in total. The monoisotopic (exact) mass is 325 g/mol. The van der Waals surface area contributed by atoms with Gasteiger partial charge in [0.25, 0.3) is 0 Å². The van der Waals surface area contributed by atoms with E-state index in [1.807, 2.05) is 0 Å². The predicted octanol–water partition coefficient (Wildman–Crippen LogP) is 0.571. The number of rotatable bonds is 6. The summed E-state index contributed by atoms with van der Waals surface area (Å²) in [7, 11) is 0. The third-order valence-electron chi connectivity index (χ3n) is 2.67. The maximum absolute atomic E-state index is 11.8. The number of thiazole rings is 1. The van der Waals surface area contributed by atoms with Crippen molar-refractivity contribution in [3.05, 3.63) is 38.2 Å². The van der Waals surface area contributed by atoms with E-state index in [9.17, 15) is 19.7 Å². The van der Waals surface area contributed by atoms with E-state index in [-0.39, 0.29) is 30.5 Å². The van der Waals surface area contributed by atoms with Crippen molar-refractivity contribution in [2.24, 2.45) is 0 Å². The van der Waals surface area contributed by atoms with E-state index in [4.69, 9.17) is 5.11 Å². The maximum atomic E-state index is 11.8. The van der Waals surface area contributed by atoms with Crippen molar-refractivity contribution in [2.75, 3.05) is 0 Å². The molecule has 0 fully saturated rings. The van der Waals surface area contributed by atoms with Crippen LogP contribution in [0.1, 0.15) is 21.3 Å². The molecular weight excluding hydrogens is 314 g/mol. The molecular formula is C11H11N5O5S. The average molecular weight is 325 g/mol. The molecule has 0 atom stereocenters. The number of aryl methyl sites for hydroxylation is 1. The van der Waals surface area contributed by atoms with Gasteiger partial charge in [-0.05, 0) is 9.91 Å². The molecule has 2 heterocycles. The number of aromatic nitrogens is 3. The molecule has 0 saturated heterocycles. The Kier molecular flexibility index (Phi) is 4.46. The first-order chi connectivity index (χ1) is 10.4. The van der Waals surface area contributed by atoms with Gasteiger partial charge < -0.3 is 20.5 Å². The fourth-order valence-corrected chi connectivity index (χ4v) is 2.32. The summed E-state index contributed by atoms with van der Waals surface area (Å²) in [6.45, 7) is 1.52. The maximum Gasteiger partial charge on any atom is 0.381 e. The fraction of sp³-hybridized carbons (Fsp3) is 0.273. The quantitative estimate of drug-likeness (QED) is 0.584. The van der Waals surface area contributed by atoms with Crippen LogP contribution in [0.4, 0.5) is 5.82 Å². The molecule has 11 heteroatoms. The molecule has 0 aliphatic rings. The van der Waals surface area contributed by atoms with Crippen LogP contribution in [-0.2, 0) is 17.9 Å². The van der Waals surface area contributed by atoms with E-state index in [1.54, 1.807) is 6.92 Å². The summed E-state index contributed by atoms with van der Waals surface area (Å²) < 4.78 is 1.36. The second-order valence-corrected chi connectivity index (χ2v) is 5.18. The molecule has 1 amide bonds. The minimum Gasteiger partial charge on any atom is -0.476 e. The molecule has 2 aromatic heterocycles. The molecule has 2 rings (SSSR count). The van der Waals surface area contributed by atoms with Crippen molar-refractivity contribution in [1.29, 1.82) is 0 Å². The zero-order valence-corrected chi connectivity index (χ0v) is 12.2. The molecule has 0 radical (unpaired) electrons. The van der Waals surface area contributed by atoms with Crippen LogP contribution < -0.4 is 5.32 Å². The van der Waals surface area contributed by atoms with E-state index in [2.05, 4.69) is 15.3 Å². The van der Waals surface area contributed by atoms with Gasteiger partial charge >= 0.3 is 11.8 Å². The zero-order chi connectivity index (χ0) is 16.3. The third kappa shape index (κ3) is 3.63. The third-order valence-corrected chi connectivity index (χ3v) is 3.52. The zero-order valence-electron chi connectivity index (χ0n) is 11.3. The summed E-state index contributed by atoms with van der Waals surface area (Å²) in [5.74, 6) is -1.49. The van der Waals surface area contributed by atoms with Crippen LogP contribution in [0.25, 0.3) is 0 Å². The number of hydrogen-bond acceptors (Lipinski definition) is 7. The van der Waals surface area contributed by atoms with Crippen LogP contribution in [0.15, 0.2) is 11.6 Å². The van der Waals surface area contributed by atoms with Crippen LogP contribution in [0.3, 0.4) is 0 Å². The Bertz CT molecular complexity index is 737. The normalized spacial score (nSPS) is 10.4. The van der Waals surface area contributed by atoms with Crippen LogP contribution in [-0.4, -0.2) is 36.4 Å². The van der Waals surface area contributed by atoms with Crippen LogP contribution >= 0.6 is 11.3 Å². The number of carboxylic acid groups (broad SMARTS) is 1. The number of carbonyl (C=O) groups excluding carboxylic acids is 1. The van der Waals surface area contributed by atoms with Crippen LogP contribution in [0, 0.1) is 17.0 Å². The Hall–Kier alpha value is -2.82. The Labute approximate surface area is 127 Å². The average Bonchev–Trinajstić information content (AvgIpc) is 3.04. The highest BCUT2D eigenvalue weighted by atomic mass is 32.1. The van der Waals surface area contributed by atoms with Crippen molar-refractivity contribution in [3.63, 3.8) is 0 Å². The van der Waals surface area contributed by atoms with Gasteiger partial charge in [0.05, 0.1) is 6.54 Å². The lowest BCUT2D eigenvalue weighted by Crippen LogP contribution is -2.27. The first kappa shape index (κ1) is 15.6. The topological polar surface area (TPSA) is 140 Å². The van der Waals surface area contributed by atoms with Crippen molar-refractivity contribution in [1.82, 2.24) is 19.9 Å². The molecule has 0 bridgehead atoms. The number of aromatic carboxylic acids is 1. The van der Waals surface area contributed by atoms with Gasteiger partial charge in [-0.3, -0.25) is 9.36 Å². The first-order valence-electron chi connectivity index (χ1n) is 5.99. The van der Waals surface area contributed by atoms with Gasteiger partial charge in [-0.2, -0.15) is 0 Å². The van der Waals surface area contributed by atoms with Gasteiger partial charge in [0, 0.05) is 12.3 Å². The Balaban J connectivity index is 1.92. The van der Waals surface area contributed by atoms with E-state index in [0.29, 0.717) is 10.8 Å². The lowest BCUT2D eigenvalue weighted by atomic mass is 10.5. The number of amides is 1. The van der Waals surface area contributed by atoms with E-state index in [0.717, 1.165) is 11.3 Å². The largest absolute Gasteiger partial charge is 0.476 e. The number of hydrogen-bond donors (Lipinski definition) is 2. The summed E-state index contributed by atoms with van der Waals surface area (Å²) in [4.78, 5) is 40.0. The van der Waals surface area contributed by atoms with Gasteiger partial charge in [-0.1, -0.05) is 0 Å². The summed E-state index contributed by atoms with van der Waals surface area (Å²) >= 11 is 1.12. The smallest absolute Gasteiger partial charge is 0.381 e. The Morgan fingerprint density at radius 1 is 1.50 bits per heavy atom. The van der Waals surface area contributed by atoms with Gasteiger partial charge in [-0.25, -0.2) is 9.78 Å². The molecule has 2 aromatic rings. The lowest BCUT2D eigenvalue weighted by molar-refractivity contribution is -0.389. The highest BCUT2D eigenvalue weighted by Gasteiger charge is 2.17. The molecule has 0 aliphatic carbocycles. The van der Waals surface area contributed by atoms with Crippen molar-refractivity contribution < 1.29 is 19.6 Å². The molecule has 22 heavy (non-hydrogen) atoms. The number of nitrogens with one attached hydrogen (secondary N) is 1. The molecule has 116 valence electrons. The van der Waals surface area contributed by atoms with Gasteiger partial charge in [-0.15, -0.1) is 11.3 Å². The molecule has 0 unspecified atom stereocenters. The van der Waals surface area contributed by atoms with Crippen LogP contribution in [0.5, 0.6) is 0 Å². The number of nitro groups is 1. The standard InChI is InChI=1S/C11H11N5O5S/c1-6-13-8(16(20)21)3-15(6)4-9(17)12-2-10-14-7(5-22-10)11(18)19/h3,5H,2,4H2,1H3,(H,12,17)(H,18,19). The fourth-order valence-electron chi connectivity index (χ4n) is 1.61. The summed E-state index contributed by atoms with van der Waals surface area (Å²) in [6, 6.07) is 0. The number of carboxylic acids is 1. The van der Waals surface area contributed by atoms with E-state index < -0.39 is 10.9 Å². The van der Waals surface area contributed by atoms with E-state index >= 15 is 0 Å². The Morgan fingerprint density at radius 3 is 2.77 bits per heavy atom. The summed E-state index contributed by atoms with van der Waals surface area (Å²) in [5, 5.41) is 23.7. The molecule has 0 spiro atoms. The van der Waals surface area contributed by atoms with Crippen molar-refractivity contribution in [3.8, 4) is 0 Å². The number of carbonyl (C=O) groups is 2. The molecule has 0 aromatic carbocycles. The Morgan fingerprint density at radius 2 is 2.23 bits per heavy atom. The lowest BCUT2D eigenvalue weighted by Gasteiger charge is -2.03. The SMILES string of the molecule is Cc1nc([N+](=O)[O-])cn1CC(=O)NCc1nc(C(=O)O)cs1. The number of nitrogens with zero attached hydrogens (tertiary/aromatic N) is 4. The molecule has 2 N–H and O–H groups in total. The van der Waals surface area contributed by atoms with Crippen molar-refractivity contribution >= 4 is 29.0 Å². The molecule has 0 aliphatic heterocycles. The minimum absolute atomic E-state index is 0.0738. The van der Waals surface area contributed by atoms with E-state index in [1.165, 1.54) is 16.1 Å². The van der Waals surface area contributed by atoms with Crippen LogP contribution in [0.2, 0.25) is 0 Å². The summed E-state index contributed by atoms with van der Waals surface area (Å²) in [5.41, 5.74) is -0.0738. The first-order valence-corrected chi connectivity index (χ1v) is 6.87. The second kappa shape index (κ2) is 6.30. The van der Waals surface area contributed by atoms with Gasteiger partial charge in [0.1, 0.15) is 17.7 Å². The highest BCUT2D eigenvalue weighted by molar-refractivity contribution is 7.09. The van der Waals surface area contributed by atoms with Crippen molar-refractivity contribution in [2.45, 2.75) is 20.0 Å². The predicted molar refractivity (Wildman–Crippen MR) is 74.5 cm³/mol. The molecule has 0 saturated carbocycles. The highest BCUT2D eigenvalue weighted by Crippen LogP contribution is 2.11. The number of imidazole rings is 1. The summed E-state index contributed by atoms with van der Waals surface area (Å²) in [6.07, 6.45) is 1.18. The minimum atomic E-state index is -1.13. The van der Waals surface area contributed by atoms with Gasteiger partial charge in [0.15, 0.2) is 5.69 Å². The second-order valence-electron chi connectivity index (χ2n) is 4.24. The van der Waals surface area contributed by atoms with Gasteiger partial charge in [0.2, 0.25) is 11.7 Å².